The number of nitrogens with zero attached hydrogens (tertiary/aromatic N) is 1. The second-order valence-corrected chi connectivity index (χ2v) is 9.48. The van der Waals surface area contributed by atoms with Gasteiger partial charge in [-0.2, -0.15) is 0 Å². The molecule has 0 radical (unpaired) electrons. The number of benzene rings is 3. The highest BCUT2D eigenvalue weighted by Gasteiger charge is 2.13. The van der Waals surface area contributed by atoms with Crippen molar-refractivity contribution in [3.05, 3.63) is 83.7 Å². The summed E-state index contributed by atoms with van der Waals surface area (Å²) in [4.78, 5) is 40.9. The molecule has 0 aliphatic rings. The number of hydrogen-bond donors (Lipinski definition) is 2. The molecule has 0 unspecified atom stereocenters. The molecule has 4 rings (SSSR count). The van der Waals surface area contributed by atoms with Crippen molar-refractivity contribution in [1.29, 1.82) is 0 Å². The van der Waals surface area contributed by atoms with E-state index in [4.69, 9.17) is 4.74 Å². The maximum Gasteiger partial charge on any atom is 0.338 e. The van der Waals surface area contributed by atoms with Gasteiger partial charge in [-0.25, -0.2) is 14.2 Å². The monoisotopic (exact) mass is 509 g/mol. The Morgan fingerprint density at radius 2 is 1.74 bits per heavy atom. The van der Waals surface area contributed by atoms with E-state index in [1.54, 1.807) is 55.5 Å². The first kappa shape index (κ1) is 24.4. The summed E-state index contributed by atoms with van der Waals surface area (Å²) in [6.07, 6.45) is 0. The highest BCUT2D eigenvalue weighted by molar-refractivity contribution is 8.01. The van der Waals surface area contributed by atoms with E-state index in [2.05, 4.69) is 15.6 Å². The fourth-order valence-electron chi connectivity index (χ4n) is 3.12. The molecule has 2 N–H and O–H groups in total. The molecule has 0 bridgehead atoms. The summed E-state index contributed by atoms with van der Waals surface area (Å²) in [5.74, 6) is -1.59. The van der Waals surface area contributed by atoms with Crippen LogP contribution < -0.4 is 10.6 Å². The van der Waals surface area contributed by atoms with Gasteiger partial charge in [0.05, 0.1) is 33.7 Å². The first-order chi connectivity index (χ1) is 16.9. The topological polar surface area (TPSA) is 97.4 Å². The highest BCUT2D eigenvalue weighted by atomic mass is 32.2. The predicted octanol–water partition coefficient (Wildman–Crippen LogP) is 5.60. The Kier molecular flexibility index (Phi) is 7.74. The van der Waals surface area contributed by atoms with Crippen LogP contribution in [0.4, 0.5) is 15.8 Å². The first-order valence-corrected chi connectivity index (χ1v) is 12.4. The van der Waals surface area contributed by atoms with Gasteiger partial charge < -0.3 is 15.4 Å². The lowest BCUT2D eigenvalue weighted by Gasteiger charge is -2.06. The summed E-state index contributed by atoms with van der Waals surface area (Å²) in [6.45, 7) is 2.03. The molecule has 0 fully saturated rings. The van der Waals surface area contributed by atoms with Gasteiger partial charge in [-0.1, -0.05) is 23.9 Å². The van der Waals surface area contributed by atoms with Crippen molar-refractivity contribution in [2.24, 2.45) is 0 Å². The van der Waals surface area contributed by atoms with Crippen molar-refractivity contribution in [2.45, 2.75) is 11.3 Å². The molecule has 35 heavy (non-hydrogen) atoms. The van der Waals surface area contributed by atoms with Crippen LogP contribution >= 0.6 is 23.1 Å². The Morgan fingerprint density at radius 3 is 2.49 bits per heavy atom. The number of ether oxygens (including phenoxy) is 1. The number of fused-ring (bicyclic) bond motifs is 1. The van der Waals surface area contributed by atoms with E-state index in [-0.39, 0.29) is 17.2 Å². The molecule has 10 heteroatoms. The van der Waals surface area contributed by atoms with Gasteiger partial charge >= 0.3 is 5.97 Å². The summed E-state index contributed by atoms with van der Waals surface area (Å²) in [5, 5.41) is 5.48. The van der Waals surface area contributed by atoms with Crippen LogP contribution in [0, 0.1) is 5.82 Å². The number of carbonyl (C=O) groups excluding carboxylic acids is 3. The summed E-state index contributed by atoms with van der Waals surface area (Å²) in [5.41, 5.74) is 2.21. The molecular formula is C25H20FN3O4S2. The van der Waals surface area contributed by atoms with Crippen LogP contribution in [0.3, 0.4) is 0 Å². The van der Waals surface area contributed by atoms with Crippen LogP contribution in [0.1, 0.15) is 27.6 Å². The lowest BCUT2D eigenvalue weighted by atomic mass is 10.2. The van der Waals surface area contributed by atoms with Crippen LogP contribution in [0.5, 0.6) is 0 Å². The molecule has 4 aromatic rings. The van der Waals surface area contributed by atoms with E-state index in [1.807, 2.05) is 0 Å². The number of anilines is 2. The quantitative estimate of drug-likeness (QED) is 0.237. The maximum atomic E-state index is 13.8. The summed E-state index contributed by atoms with van der Waals surface area (Å²) >= 11 is 2.68. The standard InChI is InChI=1S/C25H20FN3O4S2/c1-2-33-24(32)15-7-9-16(10-8-15)27-22(30)14-34-25-29-20-12-11-17(13-21(20)35-25)28-23(31)18-5-3-4-6-19(18)26/h3-13H,2,14H2,1H3,(H,27,30)(H,28,31). The van der Waals surface area contributed by atoms with E-state index in [1.165, 1.54) is 41.3 Å². The normalized spacial score (nSPS) is 10.7. The van der Waals surface area contributed by atoms with Crippen LogP contribution in [0.25, 0.3) is 10.2 Å². The molecule has 0 aliphatic heterocycles. The van der Waals surface area contributed by atoms with Crippen LogP contribution in [0.15, 0.2) is 71.1 Å². The summed E-state index contributed by atoms with van der Waals surface area (Å²) < 4.78 is 20.3. The third kappa shape index (κ3) is 6.23. The Hall–Kier alpha value is -3.76. The second kappa shape index (κ2) is 11.1. The lowest BCUT2D eigenvalue weighted by Crippen LogP contribution is -2.14. The number of amides is 2. The number of hydrogen-bond acceptors (Lipinski definition) is 7. The third-order valence-electron chi connectivity index (χ3n) is 4.75. The number of nitrogens with one attached hydrogen (secondary N) is 2. The largest absolute Gasteiger partial charge is 0.462 e. The minimum absolute atomic E-state index is 0.0327. The molecule has 1 aromatic heterocycles. The number of halogens is 1. The molecule has 0 saturated carbocycles. The third-order valence-corrected chi connectivity index (χ3v) is 6.91. The minimum Gasteiger partial charge on any atom is -0.462 e. The number of thioether (sulfide) groups is 1. The minimum atomic E-state index is -0.587. The zero-order valence-electron chi connectivity index (χ0n) is 18.5. The average molecular weight is 510 g/mol. The number of aromatic nitrogens is 1. The molecule has 0 aliphatic carbocycles. The van der Waals surface area contributed by atoms with E-state index in [0.717, 1.165) is 10.2 Å². The maximum absolute atomic E-state index is 13.8. The van der Waals surface area contributed by atoms with Crippen LogP contribution in [-0.2, 0) is 9.53 Å². The highest BCUT2D eigenvalue weighted by Crippen LogP contribution is 2.31. The summed E-state index contributed by atoms with van der Waals surface area (Å²) in [7, 11) is 0. The summed E-state index contributed by atoms with van der Waals surface area (Å²) in [6, 6.07) is 17.5. The van der Waals surface area contributed by atoms with Gasteiger partial charge in [0.25, 0.3) is 5.91 Å². The van der Waals surface area contributed by atoms with Gasteiger partial charge in [-0.3, -0.25) is 9.59 Å². The Morgan fingerprint density at radius 1 is 1.00 bits per heavy atom. The van der Waals surface area contributed by atoms with Crippen molar-refractivity contribution in [1.82, 2.24) is 4.98 Å². The second-order valence-electron chi connectivity index (χ2n) is 7.23. The van der Waals surface area contributed by atoms with E-state index in [9.17, 15) is 18.8 Å². The van der Waals surface area contributed by atoms with Crippen molar-refractivity contribution < 1.29 is 23.5 Å². The van der Waals surface area contributed by atoms with Gasteiger partial charge in [0.15, 0.2) is 4.34 Å². The van der Waals surface area contributed by atoms with Gasteiger partial charge in [0.1, 0.15) is 5.82 Å². The molecule has 7 nitrogen and oxygen atoms in total. The molecule has 0 saturated heterocycles. The van der Waals surface area contributed by atoms with Crippen LogP contribution in [0.2, 0.25) is 0 Å². The molecular weight excluding hydrogens is 489 g/mol. The number of esters is 1. The van der Waals surface area contributed by atoms with Crippen molar-refractivity contribution in [3.8, 4) is 0 Å². The smallest absolute Gasteiger partial charge is 0.338 e. The predicted molar refractivity (Wildman–Crippen MR) is 136 cm³/mol. The Bertz CT molecular complexity index is 1390. The molecule has 178 valence electrons. The van der Waals surface area contributed by atoms with Crippen molar-refractivity contribution in [3.63, 3.8) is 0 Å². The fraction of sp³-hybridized carbons (Fsp3) is 0.120. The molecule has 0 atom stereocenters. The van der Waals surface area contributed by atoms with Crippen molar-refractivity contribution in [2.75, 3.05) is 23.0 Å². The number of rotatable bonds is 8. The molecule has 0 spiro atoms. The lowest BCUT2D eigenvalue weighted by molar-refractivity contribution is -0.113. The van der Waals surface area contributed by atoms with Gasteiger partial charge in [0.2, 0.25) is 5.91 Å². The van der Waals surface area contributed by atoms with Gasteiger partial charge in [0, 0.05) is 11.4 Å². The zero-order chi connectivity index (χ0) is 24.8. The average Bonchev–Trinajstić information content (AvgIpc) is 3.26. The Balaban J connectivity index is 1.34. The van der Waals surface area contributed by atoms with Crippen molar-refractivity contribution >= 4 is 62.5 Å². The van der Waals surface area contributed by atoms with Gasteiger partial charge in [-0.05, 0) is 61.5 Å². The molecule has 2 amide bonds. The fourth-order valence-corrected chi connectivity index (χ4v) is 5.02. The van der Waals surface area contributed by atoms with Gasteiger partial charge in [-0.15, -0.1) is 11.3 Å². The van der Waals surface area contributed by atoms with Crippen LogP contribution in [-0.4, -0.2) is 35.1 Å². The first-order valence-electron chi connectivity index (χ1n) is 10.6. The zero-order valence-corrected chi connectivity index (χ0v) is 20.2. The van der Waals surface area contributed by atoms with E-state index >= 15 is 0 Å². The van der Waals surface area contributed by atoms with E-state index < -0.39 is 17.7 Å². The number of carbonyl (C=O) groups is 3. The van der Waals surface area contributed by atoms with E-state index in [0.29, 0.717) is 27.9 Å². The molecule has 1 heterocycles. The molecule has 3 aromatic carbocycles. The SMILES string of the molecule is CCOC(=O)c1ccc(NC(=O)CSc2nc3ccc(NC(=O)c4ccccc4F)cc3s2)cc1. The Labute approximate surface area is 208 Å². The number of thiazole rings is 1.